The molecule has 1 aliphatic rings. The molecule has 2 aromatic rings. The van der Waals surface area contributed by atoms with Crippen molar-refractivity contribution in [3.63, 3.8) is 0 Å². The number of likely N-dealkylation sites (N-methyl/N-ethyl adjacent to an activating group) is 1. The highest BCUT2D eigenvalue weighted by Crippen LogP contribution is 2.30. The van der Waals surface area contributed by atoms with Crippen molar-refractivity contribution >= 4 is 16.7 Å². The molecule has 0 radical (unpaired) electrons. The second-order valence-electron chi connectivity index (χ2n) is 5.55. The maximum Gasteiger partial charge on any atom is 0.451 e. The third-order valence-corrected chi connectivity index (χ3v) is 3.70. The van der Waals surface area contributed by atoms with Gasteiger partial charge in [0.1, 0.15) is 5.82 Å². The zero-order valence-electron chi connectivity index (χ0n) is 12.6. The molecule has 1 aromatic carbocycles. The Hall–Kier alpha value is -1.93. The van der Waals surface area contributed by atoms with Crippen molar-refractivity contribution in [2.45, 2.75) is 12.3 Å². The Labute approximate surface area is 131 Å². The number of hydrogen-bond acceptors (Lipinski definition) is 5. The van der Waals surface area contributed by atoms with Gasteiger partial charge in [0.15, 0.2) is 0 Å². The van der Waals surface area contributed by atoms with E-state index in [9.17, 15) is 13.2 Å². The molecule has 1 unspecified atom stereocenters. The second kappa shape index (κ2) is 6.29. The van der Waals surface area contributed by atoms with Crippen molar-refractivity contribution < 1.29 is 17.9 Å². The molecule has 0 spiro atoms. The number of para-hydroxylation sites is 1. The largest absolute Gasteiger partial charge is 0.451 e. The van der Waals surface area contributed by atoms with Gasteiger partial charge >= 0.3 is 6.18 Å². The maximum absolute atomic E-state index is 13.0. The fourth-order valence-corrected chi connectivity index (χ4v) is 2.54. The zero-order valence-corrected chi connectivity index (χ0v) is 12.6. The van der Waals surface area contributed by atoms with E-state index in [0.29, 0.717) is 18.5 Å². The summed E-state index contributed by atoms with van der Waals surface area (Å²) in [5.74, 6) is -0.958. The Morgan fingerprint density at radius 1 is 1.30 bits per heavy atom. The van der Waals surface area contributed by atoms with Gasteiger partial charge in [-0.25, -0.2) is 9.97 Å². The topological polar surface area (TPSA) is 50.3 Å². The van der Waals surface area contributed by atoms with Crippen LogP contribution in [0.2, 0.25) is 0 Å². The number of alkyl halides is 3. The highest BCUT2D eigenvalue weighted by atomic mass is 19.4. The third kappa shape index (κ3) is 3.70. The normalized spacial score (nSPS) is 19.9. The van der Waals surface area contributed by atoms with Crippen molar-refractivity contribution in [2.24, 2.45) is 0 Å². The summed E-state index contributed by atoms with van der Waals surface area (Å²) in [5, 5.41) is 3.55. The number of nitrogens with zero attached hydrogens (tertiary/aromatic N) is 3. The zero-order chi connectivity index (χ0) is 16.4. The first-order valence-electron chi connectivity index (χ1n) is 7.31. The summed E-state index contributed by atoms with van der Waals surface area (Å²) in [6.07, 6.45) is -4.67. The Morgan fingerprint density at radius 3 is 2.83 bits per heavy atom. The van der Waals surface area contributed by atoms with Gasteiger partial charge in [0, 0.05) is 25.0 Å². The lowest BCUT2D eigenvalue weighted by molar-refractivity contribution is -0.144. The summed E-state index contributed by atoms with van der Waals surface area (Å²) < 4.78 is 44.5. The first-order chi connectivity index (χ1) is 10.9. The molecule has 23 heavy (non-hydrogen) atoms. The van der Waals surface area contributed by atoms with Gasteiger partial charge in [0.05, 0.1) is 18.2 Å². The highest BCUT2D eigenvalue weighted by molar-refractivity contribution is 5.89. The standard InChI is InChI=1S/C15H17F3N4O/c1-22-6-7-23-10(9-22)8-19-13-11-4-2-3-5-12(11)20-14(21-13)15(16,17)18/h2-5,10H,6-9H2,1H3,(H,19,20,21). The molecular weight excluding hydrogens is 309 g/mol. The molecule has 1 aliphatic heterocycles. The Morgan fingerprint density at radius 2 is 2.09 bits per heavy atom. The van der Waals surface area contributed by atoms with Gasteiger partial charge in [-0.3, -0.25) is 0 Å². The molecule has 1 N–H and O–H groups in total. The van der Waals surface area contributed by atoms with E-state index in [1.807, 2.05) is 7.05 Å². The van der Waals surface area contributed by atoms with E-state index in [1.165, 1.54) is 0 Å². The van der Waals surface area contributed by atoms with E-state index in [2.05, 4.69) is 20.2 Å². The Balaban J connectivity index is 1.86. The van der Waals surface area contributed by atoms with E-state index >= 15 is 0 Å². The summed E-state index contributed by atoms with van der Waals surface area (Å²) >= 11 is 0. The average molecular weight is 326 g/mol. The van der Waals surface area contributed by atoms with Crippen molar-refractivity contribution in [3.05, 3.63) is 30.1 Å². The molecule has 1 fully saturated rings. The van der Waals surface area contributed by atoms with Crippen molar-refractivity contribution in [1.82, 2.24) is 14.9 Å². The molecule has 124 valence electrons. The number of nitrogens with one attached hydrogen (secondary N) is 1. The number of fused-ring (bicyclic) bond motifs is 1. The number of benzene rings is 1. The van der Waals surface area contributed by atoms with E-state index in [1.54, 1.807) is 24.3 Å². The van der Waals surface area contributed by atoms with Gasteiger partial charge in [-0.2, -0.15) is 13.2 Å². The maximum atomic E-state index is 13.0. The van der Waals surface area contributed by atoms with Crippen LogP contribution in [0.3, 0.4) is 0 Å². The summed E-state index contributed by atoms with van der Waals surface area (Å²) in [6, 6.07) is 6.64. The van der Waals surface area contributed by atoms with Crippen LogP contribution in [0.15, 0.2) is 24.3 Å². The molecule has 0 aliphatic carbocycles. The monoisotopic (exact) mass is 326 g/mol. The fourth-order valence-electron chi connectivity index (χ4n) is 2.54. The Bertz CT molecular complexity index is 692. The predicted octanol–water partition coefficient (Wildman–Crippen LogP) is 2.39. The van der Waals surface area contributed by atoms with Crippen molar-refractivity contribution in [2.75, 3.05) is 38.6 Å². The number of ether oxygens (including phenoxy) is 1. The SMILES string of the molecule is CN1CCOC(CNc2nc(C(F)(F)F)nc3ccccc23)C1. The molecule has 1 aromatic heterocycles. The van der Waals surface area contributed by atoms with E-state index in [4.69, 9.17) is 4.74 Å². The molecule has 5 nitrogen and oxygen atoms in total. The minimum atomic E-state index is -4.58. The lowest BCUT2D eigenvalue weighted by atomic mass is 10.2. The number of halogens is 3. The molecule has 8 heteroatoms. The Kier molecular flexibility index (Phi) is 4.36. The smallest absolute Gasteiger partial charge is 0.374 e. The quantitative estimate of drug-likeness (QED) is 0.939. The van der Waals surface area contributed by atoms with Gasteiger partial charge in [-0.15, -0.1) is 0 Å². The van der Waals surface area contributed by atoms with Gasteiger partial charge in [0.25, 0.3) is 0 Å². The molecule has 2 heterocycles. The van der Waals surface area contributed by atoms with E-state index in [0.717, 1.165) is 13.1 Å². The summed E-state index contributed by atoms with van der Waals surface area (Å²) in [5.41, 5.74) is 0.263. The predicted molar refractivity (Wildman–Crippen MR) is 80.3 cm³/mol. The van der Waals surface area contributed by atoms with Gasteiger partial charge in [0.2, 0.25) is 5.82 Å². The number of hydrogen-bond donors (Lipinski definition) is 1. The van der Waals surface area contributed by atoms with Crippen LogP contribution < -0.4 is 5.32 Å². The van der Waals surface area contributed by atoms with E-state index in [-0.39, 0.29) is 17.4 Å². The first kappa shape index (κ1) is 15.9. The number of anilines is 1. The van der Waals surface area contributed by atoms with Crippen LogP contribution >= 0.6 is 0 Å². The minimum absolute atomic E-state index is 0.0863. The van der Waals surface area contributed by atoms with Gasteiger partial charge in [-0.1, -0.05) is 12.1 Å². The van der Waals surface area contributed by atoms with Crippen LogP contribution in [0.25, 0.3) is 10.9 Å². The van der Waals surface area contributed by atoms with Crippen LogP contribution in [0, 0.1) is 0 Å². The second-order valence-corrected chi connectivity index (χ2v) is 5.55. The number of rotatable bonds is 3. The molecular formula is C15H17F3N4O. The lowest BCUT2D eigenvalue weighted by Gasteiger charge is -2.30. The van der Waals surface area contributed by atoms with Crippen LogP contribution in [0.1, 0.15) is 5.82 Å². The lowest BCUT2D eigenvalue weighted by Crippen LogP contribution is -2.43. The van der Waals surface area contributed by atoms with Gasteiger partial charge < -0.3 is 15.0 Å². The minimum Gasteiger partial charge on any atom is -0.374 e. The van der Waals surface area contributed by atoms with Crippen LogP contribution in [-0.4, -0.2) is 54.3 Å². The number of aromatic nitrogens is 2. The van der Waals surface area contributed by atoms with Crippen molar-refractivity contribution in [1.29, 1.82) is 0 Å². The molecule has 1 atom stereocenters. The summed E-state index contributed by atoms with van der Waals surface area (Å²) in [4.78, 5) is 9.38. The molecule has 3 rings (SSSR count). The third-order valence-electron chi connectivity index (χ3n) is 3.70. The number of morpholine rings is 1. The fraction of sp³-hybridized carbons (Fsp3) is 0.467. The van der Waals surface area contributed by atoms with E-state index < -0.39 is 12.0 Å². The summed E-state index contributed by atoms with van der Waals surface area (Å²) in [6.45, 7) is 2.58. The van der Waals surface area contributed by atoms with Crippen molar-refractivity contribution in [3.8, 4) is 0 Å². The molecule has 0 amide bonds. The molecule has 0 bridgehead atoms. The van der Waals surface area contributed by atoms with Crippen LogP contribution in [-0.2, 0) is 10.9 Å². The van der Waals surface area contributed by atoms with Crippen LogP contribution in [0.4, 0.5) is 19.0 Å². The molecule has 1 saturated heterocycles. The highest BCUT2D eigenvalue weighted by Gasteiger charge is 2.35. The summed E-state index contributed by atoms with van der Waals surface area (Å²) in [7, 11) is 1.98. The average Bonchev–Trinajstić information content (AvgIpc) is 2.51. The van der Waals surface area contributed by atoms with Crippen LogP contribution in [0.5, 0.6) is 0 Å². The molecule has 0 saturated carbocycles. The first-order valence-corrected chi connectivity index (χ1v) is 7.31. The van der Waals surface area contributed by atoms with Gasteiger partial charge in [-0.05, 0) is 19.2 Å².